The number of nitrogens with zero attached hydrogens (tertiary/aromatic N) is 3. The molecule has 59 nitrogen and oxygen atoms in total. The van der Waals surface area contributed by atoms with E-state index >= 15 is 0 Å². The van der Waals surface area contributed by atoms with Crippen molar-refractivity contribution >= 4 is 53.2 Å². The molecule has 147 heavy (non-hydrogen) atoms. The lowest BCUT2D eigenvalue weighted by Crippen LogP contribution is -2.65. The van der Waals surface area contributed by atoms with Gasteiger partial charge in [0.15, 0.2) is 44.0 Å². The zero-order valence-corrected chi connectivity index (χ0v) is 81.5. The van der Waals surface area contributed by atoms with Gasteiger partial charge in [-0.2, -0.15) is 0 Å². The number of aliphatic hydroxyl groups is 26. The van der Waals surface area contributed by atoms with Gasteiger partial charge < -0.3 is 246 Å². The molecular weight excluding hydrogens is 1980 g/mol. The van der Waals surface area contributed by atoms with Gasteiger partial charge in [-0.15, -0.1) is 0 Å². The van der Waals surface area contributed by atoms with E-state index in [4.69, 9.17) is 71.4 Å². The van der Waals surface area contributed by atoms with E-state index in [2.05, 4.69) is 31.9 Å². The van der Waals surface area contributed by atoms with Crippen molar-refractivity contribution in [2.45, 2.75) is 343 Å². The Morgan fingerprint density at radius 1 is 0.265 bits per heavy atom. The number of ether oxygens (including phenoxy) is 14. The van der Waals surface area contributed by atoms with Gasteiger partial charge in [0.1, 0.15) is 177 Å². The van der Waals surface area contributed by atoms with Crippen molar-refractivity contribution in [3.8, 4) is 0 Å². The first-order valence-corrected chi connectivity index (χ1v) is 49.5. The molecule has 59 heteroatoms. The van der Waals surface area contributed by atoms with E-state index in [1.54, 1.807) is 0 Å². The molecule has 0 radical (unpaired) electrons. The number of carbonyl (C=O) groups is 9. The number of carbonyl (C=O) groups excluding carboxylic acids is 8. The molecule has 33 N–H and O–H groups in total. The highest BCUT2D eigenvalue weighted by atomic mass is 16.8. The topological polar surface area (TPSA) is 911 Å². The van der Waals surface area contributed by atoms with E-state index in [0.29, 0.717) is 32.1 Å². The third-order valence-electron chi connectivity index (χ3n) is 25.6. The van der Waals surface area contributed by atoms with Crippen molar-refractivity contribution < 1.29 is 247 Å². The number of carboxylic acids is 1. The third-order valence-corrected chi connectivity index (χ3v) is 25.6. The first-order chi connectivity index (χ1) is 70.1. The molecule has 7 rings (SSSR count). The van der Waals surface area contributed by atoms with Crippen LogP contribution in [0.4, 0.5) is 0 Å². The molecular formula is C88H155N9O50. The fourth-order valence-corrected chi connectivity index (χ4v) is 16.8. The predicted octanol–water partition coefficient (Wildman–Crippen LogP) is -17.8. The number of hydrogen-bond acceptors (Lipinski definition) is 50. The number of unbranched alkanes of at least 4 members (excludes halogenated alkanes) is 8. The van der Waals surface area contributed by atoms with Crippen LogP contribution in [0.5, 0.6) is 0 Å². The van der Waals surface area contributed by atoms with Crippen molar-refractivity contribution in [1.82, 2.24) is 46.6 Å². The van der Waals surface area contributed by atoms with E-state index in [1.165, 1.54) is 14.7 Å². The number of hydrogen-bond donors (Lipinski definition) is 33. The maximum Gasteiger partial charge on any atom is 0.303 e. The minimum Gasteiger partial charge on any atom is -0.481 e. The summed E-state index contributed by atoms with van der Waals surface area (Å²) in [6.45, 7) is -9.75. The Bertz CT molecular complexity index is 3600. The average Bonchev–Trinajstić information content (AvgIpc) is 0.776. The van der Waals surface area contributed by atoms with Crippen LogP contribution in [0.15, 0.2) is 0 Å². The number of rotatable bonds is 67. The summed E-state index contributed by atoms with van der Waals surface area (Å²) in [4.78, 5) is 124. The highest BCUT2D eigenvalue weighted by molar-refractivity contribution is 5.88. The molecule has 0 saturated carbocycles. The molecule has 852 valence electrons. The number of aliphatic carboxylic acids is 1. The van der Waals surface area contributed by atoms with E-state index in [1.807, 2.05) is 0 Å². The van der Waals surface area contributed by atoms with Crippen molar-refractivity contribution in [2.75, 3.05) is 158 Å². The fourth-order valence-electron chi connectivity index (χ4n) is 16.8. The lowest BCUT2D eigenvalue weighted by Gasteiger charge is -2.46. The van der Waals surface area contributed by atoms with E-state index < -0.39 is 347 Å². The molecule has 0 aromatic carbocycles. The van der Waals surface area contributed by atoms with Crippen LogP contribution in [0.1, 0.15) is 122 Å². The zero-order chi connectivity index (χ0) is 108. The molecule has 36 atom stereocenters. The van der Waals surface area contributed by atoms with Crippen LogP contribution in [0.2, 0.25) is 0 Å². The highest BCUT2D eigenvalue weighted by Gasteiger charge is 2.54. The van der Waals surface area contributed by atoms with Crippen LogP contribution < -0.4 is 31.9 Å². The minimum absolute atomic E-state index is 0.0251. The van der Waals surface area contributed by atoms with Crippen molar-refractivity contribution in [1.29, 1.82) is 0 Å². The monoisotopic (exact) mass is 2140 g/mol. The van der Waals surface area contributed by atoms with Crippen molar-refractivity contribution in [2.24, 2.45) is 0 Å². The Balaban J connectivity index is 0.925. The van der Waals surface area contributed by atoms with Crippen LogP contribution >= 0.6 is 0 Å². The van der Waals surface area contributed by atoms with E-state index in [-0.39, 0.29) is 175 Å². The van der Waals surface area contributed by atoms with Crippen LogP contribution in [0.3, 0.4) is 0 Å². The molecule has 0 unspecified atom stereocenters. The van der Waals surface area contributed by atoms with Gasteiger partial charge in [-0.25, -0.2) is 0 Å². The van der Waals surface area contributed by atoms with Gasteiger partial charge in [0.2, 0.25) is 47.3 Å². The summed E-state index contributed by atoms with van der Waals surface area (Å²) >= 11 is 0. The molecule has 7 heterocycles. The standard InChI is InChI=1S/C88H155N9O50/c98-37-45-60(113)67(120)73(126)82(140-45)135-30-25-96(26-31-136-83-74(127)68(121)61(114)46(38-99)141-83)57(109)17-4-1-10-20-89-54(106)34-95(35-55(107)90-21-11-2-5-18-58(110)97(27-32-137-84-75(128)69(122)62(115)47(39-100)142-84)28-33-138-85-76(129)70(123)63(116)48(40-101)143-85)36-56(108)91-22-13-9-14-44(81(133)93-23-12-3-6-19-59(111)112)94-53(105)16-8-7-15-52(104)92-24-29-134-87-79(132)80(147-88-78(131)72(125)65(118)50(42-103)145-88)66(119)51(146-87)43-139-86-77(130)71(124)64(117)49(41-102)144-86/h44-51,60-80,82-88,98-103,113-132H,1-43H2,(H,89,106)(H,90,107)(H,91,108)(H,92,104)(H,93,133)(H,94,105)(H,111,112)/t44-,45-,46-,47-,48-,49-,50-,51-,60-,61-,62-,63-,64-,65-,66-,67+,68+,69+,70+,71+,72+,73+,74+,75+,76+,77+,78+,79+,80+,82+,83+,84+,85+,86+,87-,88-/m1/s1. The summed E-state index contributed by atoms with van der Waals surface area (Å²) in [5, 5.41) is 293. The second kappa shape index (κ2) is 66.6. The smallest absolute Gasteiger partial charge is 0.303 e. The van der Waals surface area contributed by atoms with Crippen LogP contribution in [0.25, 0.3) is 0 Å². The summed E-state index contributed by atoms with van der Waals surface area (Å²) < 4.78 is 77.8. The Labute approximate surface area is 845 Å². The van der Waals surface area contributed by atoms with E-state index in [0.717, 1.165) is 0 Å². The Morgan fingerprint density at radius 3 is 0.905 bits per heavy atom. The quantitative estimate of drug-likeness (QED) is 0.0251. The molecule has 7 aliphatic heterocycles. The minimum atomic E-state index is -2.01. The van der Waals surface area contributed by atoms with Crippen molar-refractivity contribution in [3.05, 3.63) is 0 Å². The van der Waals surface area contributed by atoms with Crippen LogP contribution in [-0.4, -0.2) is 585 Å². The number of carboxylic acid groups (broad SMARTS) is 1. The summed E-state index contributed by atoms with van der Waals surface area (Å²) in [5.41, 5.74) is 0. The molecule has 0 aromatic heterocycles. The second-order valence-electron chi connectivity index (χ2n) is 36.7. The number of aliphatic hydroxyl groups excluding tert-OH is 26. The molecule has 7 saturated heterocycles. The molecule has 8 amide bonds. The maximum atomic E-state index is 13.8. The summed E-state index contributed by atoms with van der Waals surface area (Å²) in [6, 6.07) is -1.14. The predicted molar refractivity (Wildman–Crippen MR) is 486 cm³/mol. The molecule has 0 bridgehead atoms. The Hall–Kier alpha value is -6.41. The van der Waals surface area contributed by atoms with Gasteiger partial charge in [-0.3, -0.25) is 48.1 Å². The molecule has 0 aromatic rings. The van der Waals surface area contributed by atoms with Crippen molar-refractivity contribution in [3.63, 3.8) is 0 Å². The van der Waals surface area contributed by atoms with Gasteiger partial charge >= 0.3 is 5.97 Å². The molecule has 7 fully saturated rings. The molecule has 0 aliphatic carbocycles. The number of amides is 8. The van der Waals surface area contributed by atoms with Gasteiger partial charge in [0, 0.05) is 91.0 Å². The first kappa shape index (κ1) is 127. The summed E-state index contributed by atoms with van der Waals surface area (Å²) in [7, 11) is 0. The largest absolute Gasteiger partial charge is 0.481 e. The zero-order valence-electron chi connectivity index (χ0n) is 81.5. The third kappa shape index (κ3) is 40.5. The average molecular weight is 2140 g/mol. The lowest BCUT2D eigenvalue weighted by atomic mass is 9.96. The Kier molecular flexibility index (Phi) is 57.8. The Morgan fingerprint density at radius 2 is 0.551 bits per heavy atom. The van der Waals surface area contributed by atoms with Crippen LogP contribution in [0, 0.1) is 0 Å². The summed E-state index contributed by atoms with van der Waals surface area (Å²) in [5.74, 6) is -5.62. The van der Waals surface area contributed by atoms with Gasteiger partial charge in [0.05, 0.1) is 98.9 Å². The normalized spacial score (nSPS) is 33.8. The van der Waals surface area contributed by atoms with Gasteiger partial charge in [-0.05, 0) is 70.6 Å². The SMILES string of the molecule is O=C(O)CCCCCNC(=O)[C@@H](CCCCNC(=O)CN(CC(=O)NCCCCCC(=O)N(CCO[C@H]1O[C@H](CO)[C@@H](O)[C@H](O)[C@@H]1O)CCO[C@H]1O[C@H](CO)[C@@H](O)[C@H](O)[C@@H]1O)CC(=O)NCCCCCC(=O)N(CCO[C@H]1O[C@H](CO)[C@@H](O)[C@H](O)[C@@H]1O)CCO[C@H]1O[C@H](CO)[C@@H](O)[C@H](O)[C@@H]1O)NC(=O)CCCCC(=O)NCCO[C@@H]1O[C@H](CO[C@H]2O[C@H](CO)[C@@H](O)[C@H](O)[C@@H]2O)[C@@H](O)[C@H](O[C@H]2O[C@H](CO)[C@@H](O)[C@H](O)[C@@H]2O)[C@@H]1O. The first-order valence-electron chi connectivity index (χ1n) is 49.5. The van der Waals surface area contributed by atoms with Crippen LogP contribution in [-0.2, 0) is 109 Å². The molecule has 7 aliphatic rings. The summed E-state index contributed by atoms with van der Waals surface area (Å²) in [6.07, 6.45) is -56.4. The van der Waals surface area contributed by atoms with Gasteiger partial charge in [-0.1, -0.05) is 19.3 Å². The fraction of sp³-hybridized carbons (Fsp3) is 0.898. The van der Waals surface area contributed by atoms with E-state index in [9.17, 15) is 176 Å². The second-order valence-corrected chi connectivity index (χ2v) is 36.7. The van der Waals surface area contributed by atoms with Gasteiger partial charge in [0.25, 0.3) is 0 Å². The maximum absolute atomic E-state index is 13.8. The highest BCUT2D eigenvalue weighted by Crippen LogP contribution is 2.34. The lowest BCUT2D eigenvalue weighted by molar-refractivity contribution is -0.366. The molecule has 0 spiro atoms. The number of nitrogens with one attached hydrogen (secondary N) is 6.